The predicted molar refractivity (Wildman–Crippen MR) is 73.1 cm³/mol. The van der Waals surface area contributed by atoms with Crippen LogP contribution in [0.5, 0.6) is 0 Å². The van der Waals surface area contributed by atoms with Gasteiger partial charge in [0, 0.05) is 19.5 Å². The maximum atomic E-state index is 11.8. The molecule has 0 aromatic carbocycles. The highest BCUT2D eigenvalue weighted by Gasteiger charge is 2.22. The summed E-state index contributed by atoms with van der Waals surface area (Å²) in [7, 11) is 0. The summed E-state index contributed by atoms with van der Waals surface area (Å²) in [5, 5.41) is 0.534. The van der Waals surface area contributed by atoms with Crippen molar-refractivity contribution >= 4 is 23.2 Å². The van der Waals surface area contributed by atoms with Gasteiger partial charge in [0.15, 0.2) is 0 Å². The van der Waals surface area contributed by atoms with Gasteiger partial charge in [-0.25, -0.2) is 0 Å². The zero-order valence-corrected chi connectivity index (χ0v) is 11.7. The Kier molecular flexibility index (Phi) is 6.48. The van der Waals surface area contributed by atoms with Crippen LogP contribution in [-0.4, -0.2) is 35.6 Å². The summed E-state index contributed by atoms with van der Waals surface area (Å²) in [4.78, 5) is 13.8. The van der Waals surface area contributed by atoms with Crippen LogP contribution in [0.15, 0.2) is 0 Å². The van der Waals surface area contributed by atoms with Gasteiger partial charge in [-0.3, -0.25) is 4.79 Å². The molecule has 98 valence electrons. The second kappa shape index (κ2) is 7.64. The highest BCUT2D eigenvalue weighted by Crippen LogP contribution is 2.20. The Morgan fingerprint density at radius 1 is 1.35 bits per heavy atom. The van der Waals surface area contributed by atoms with Crippen LogP contribution in [0.1, 0.15) is 46.0 Å². The SMILES string of the molecule is CCN(CC)C(=S)OCC1CCCCCC1=O. The monoisotopic (exact) mass is 257 g/mol. The van der Waals surface area contributed by atoms with E-state index in [0.29, 0.717) is 24.0 Å². The number of nitrogens with zero attached hydrogens (tertiary/aromatic N) is 1. The molecule has 0 aromatic heterocycles. The van der Waals surface area contributed by atoms with Gasteiger partial charge in [0.05, 0.1) is 5.92 Å². The van der Waals surface area contributed by atoms with Crippen molar-refractivity contribution in [1.29, 1.82) is 0 Å². The van der Waals surface area contributed by atoms with Crippen LogP contribution in [0.4, 0.5) is 0 Å². The number of hydrogen-bond acceptors (Lipinski definition) is 3. The first kappa shape index (κ1) is 14.4. The largest absolute Gasteiger partial charge is 0.470 e. The summed E-state index contributed by atoms with van der Waals surface area (Å²) < 4.78 is 5.59. The van der Waals surface area contributed by atoms with Crippen molar-refractivity contribution in [3.05, 3.63) is 0 Å². The molecule has 0 heterocycles. The van der Waals surface area contributed by atoms with Crippen molar-refractivity contribution in [2.24, 2.45) is 5.92 Å². The van der Waals surface area contributed by atoms with Crippen LogP contribution in [-0.2, 0) is 9.53 Å². The van der Waals surface area contributed by atoms with E-state index in [9.17, 15) is 4.79 Å². The number of carbonyl (C=O) groups excluding carboxylic acids is 1. The number of carbonyl (C=O) groups is 1. The maximum absolute atomic E-state index is 11.8. The van der Waals surface area contributed by atoms with Crippen molar-refractivity contribution in [3.8, 4) is 0 Å². The minimum atomic E-state index is 0.0611. The minimum absolute atomic E-state index is 0.0611. The van der Waals surface area contributed by atoms with Gasteiger partial charge in [0.1, 0.15) is 12.4 Å². The lowest BCUT2D eigenvalue weighted by Crippen LogP contribution is -2.33. The van der Waals surface area contributed by atoms with Crippen molar-refractivity contribution in [1.82, 2.24) is 4.90 Å². The fraction of sp³-hybridized carbons (Fsp3) is 0.846. The number of ether oxygens (including phenoxy) is 1. The third-order valence-electron chi connectivity index (χ3n) is 3.36. The summed E-state index contributed by atoms with van der Waals surface area (Å²) in [5.41, 5.74) is 0. The smallest absolute Gasteiger partial charge is 0.259 e. The summed E-state index contributed by atoms with van der Waals surface area (Å²) in [6.45, 7) is 6.28. The Bertz CT molecular complexity index is 264. The van der Waals surface area contributed by atoms with Gasteiger partial charge in [0.25, 0.3) is 5.17 Å². The third kappa shape index (κ3) is 4.62. The average molecular weight is 257 g/mol. The zero-order valence-electron chi connectivity index (χ0n) is 10.9. The van der Waals surface area contributed by atoms with Crippen LogP contribution in [0, 0.1) is 5.92 Å². The second-order valence-corrected chi connectivity index (χ2v) is 4.86. The first-order valence-corrected chi connectivity index (χ1v) is 7.04. The Morgan fingerprint density at radius 2 is 2.06 bits per heavy atom. The van der Waals surface area contributed by atoms with Crippen molar-refractivity contribution in [3.63, 3.8) is 0 Å². The van der Waals surface area contributed by atoms with Crippen LogP contribution < -0.4 is 0 Å². The molecule has 0 aromatic rings. The van der Waals surface area contributed by atoms with Crippen molar-refractivity contribution in [2.75, 3.05) is 19.7 Å². The second-order valence-electron chi connectivity index (χ2n) is 4.51. The molecule has 1 saturated carbocycles. The Hall–Kier alpha value is -0.640. The van der Waals surface area contributed by atoms with E-state index in [-0.39, 0.29) is 5.92 Å². The molecule has 1 unspecified atom stereocenters. The lowest BCUT2D eigenvalue weighted by Gasteiger charge is -2.23. The summed E-state index contributed by atoms with van der Waals surface area (Å²) in [6, 6.07) is 0. The Balaban J connectivity index is 2.37. The van der Waals surface area contributed by atoms with Crippen LogP contribution in [0.25, 0.3) is 0 Å². The number of ketones is 1. The van der Waals surface area contributed by atoms with Crippen molar-refractivity contribution in [2.45, 2.75) is 46.0 Å². The minimum Gasteiger partial charge on any atom is -0.470 e. The van der Waals surface area contributed by atoms with Gasteiger partial charge in [-0.2, -0.15) is 0 Å². The molecule has 1 aliphatic carbocycles. The molecule has 1 aliphatic rings. The number of Topliss-reactive ketones (excluding diaryl/α,β-unsaturated/α-hetero) is 1. The number of thiocarbonyl (C=S) groups is 1. The molecular formula is C13H23NO2S. The number of rotatable bonds is 4. The third-order valence-corrected chi connectivity index (χ3v) is 3.74. The molecule has 0 radical (unpaired) electrons. The van der Waals surface area contributed by atoms with E-state index in [2.05, 4.69) is 13.8 Å². The highest BCUT2D eigenvalue weighted by molar-refractivity contribution is 7.80. The maximum Gasteiger partial charge on any atom is 0.259 e. The Labute approximate surface area is 110 Å². The lowest BCUT2D eigenvalue weighted by atomic mass is 10.0. The normalized spacial score (nSPS) is 20.8. The van der Waals surface area contributed by atoms with Crippen molar-refractivity contribution < 1.29 is 9.53 Å². The molecule has 0 N–H and O–H groups in total. The van der Waals surface area contributed by atoms with Crippen LogP contribution in [0.3, 0.4) is 0 Å². The van der Waals surface area contributed by atoms with Gasteiger partial charge in [-0.15, -0.1) is 0 Å². The first-order chi connectivity index (χ1) is 8.19. The highest BCUT2D eigenvalue weighted by atomic mass is 32.1. The van der Waals surface area contributed by atoms with E-state index < -0.39 is 0 Å². The van der Waals surface area contributed by atoms with Crippen LogP contribution >= 0.6 is 12.2 Å². The van der Waals surface area contributed by atoms with Crippen LogP contribution in [0.2, 0.25) is 0 Å². The molecule has 4 heteroatoms. The summed E-state index contributed by atoms with van der Waals surface area (Å²) in [5.74, 6) is 0.413. The van der Waals surface area contributed by atoms with E-state index in [0.717, 1.165) is 32.4 Å². The molecule has 0 amide bonds. The molecule has 3 nitrogen and oxygen atoms in total. The molecule has 1 rings (SSSR count). The molecule has 0 aliphatic heterocycles. The van der Waals surface area contributed by atoms with E-state index in [1.165, 1.54) is 6.42 Å². The summed E-state index contributed by atoms with van der Waals surface area (Å²) >= 11 is 5.21. The first-order valence-electron chi connectivity index (χ1n) is 6.63. The molecule has 0 spiro atoms. The molecular weight excluding hydrogens is 234 g/mol. The zero-order chi connectivity index (χ0) is 12.7. The molecule has 17 heavy (non-hydrogen) atoms. The average Bonchev–Trinajstić information content (AvgIpc) is 2.53. The van der Waals surface area contributed by atoms with E-state index in [4.69, 9.17) is 17.0 Å². The van der Waals surface area contributed by atoms with Gasteiger partial charge < -0.3 is 9.64 Å². The fourth-order valence-corrected chi connectivity index (χ4v) is 2.48. The molecule has 1 atom stereocenters. The van der Waals surface area contributed by atoms with E-state index in [1.807, 2.05) is 4.90 Å². The van der Waals surface area contributed by atoms with E-state index >= 15 is 0 Å². The summed E-state index contributed by atoms with van der Waals surface area (Å²) in [6.07, 6.45) is 5.02. The Morgan fingerprint density at radius 3 is 2.71 bits per heavy atom. The number of hydrogen-bond donors (Lipinski definition) is 0. The lowest BCUT2D eigenvalue weighted by molar-refractivity contribution is -0.123. The van der Waals surface area contributed by atoms with Gasteiger partial charge >= 0.3 is 0 Å². The van der Waals surface area contributed by atoms with E-state index in [1.54, 1.807) is 0 Å². The predicted octanol–water partition coefficient (Wildman–Crippen LogP) is 2.78. The molecule has 0 saturated heterocycles. The quantitative estimate of drug-likeness (QED) is 0.572. The standard InChI is InChI=1S/C13H23NO2S/c1-3-14(4-2)13(17)16-10-11-8-6-5-7-9-12(11)15/h11H,3-10H2,1-2H3. The van der Waals surface area contributed by atoms with Gasteiger partial charge in [-0.05, 0) is 38.9 Å². The van der Waals surface area contributed by atoms with Gasteiger partial charge in [0.2, 0.25) is 0 Å². The molecule has 0 bridgehead atoms. The van der Waals surface area contributed by atoms with Gasteiger partial charge in [-0.1, -0.05) is 12.8 Å². The molecule has 1 fully saturated rings. The topological polar surface area (TPSA) is 29.5 Å². The fourth-order valence-electron chi connectivity index (χ4n) is 2.15.